The molecule has 1 aliphatic heterocycles. The van der Waals surface area contributed by atoms with Crippen molar-refractivity contribution in [1.82, 2.24) is 0 Å². The first-order chi connectivity index (χ1) is 26.6. The molecule has 1 aliphatic carbocycles. The summed E-state index contributed by atoms with van der Waals surface area (Å²) in [6.07, 6.45) is 5.08. The highest BCUT2D eigenvalue weighted by Gasteiger charge is 2.26. The summed E-state index contributed by atoms with van der Waals surface area (Å²) in [5, 5.41) is 4.98. The lowest BCUT2D eigenvalue weighted by Crippen LogP contribution is -2.06. The molecule has 1 heteroatoms. The van der Waals surface area contributed by atoms with Gasteiger partial charge < -0.3 is 0 Å². The van der Waals surface area contributed by atoms with E-state index in [1.54, 1.807) is 0 Å². The van der Waals surface area contributed by atoms with Crippen LogP contribution >= 0.6 is 0 Å². The molecule has 0 fully saturated rings. The number of fused-ring (bicyclic) bond motifs is 5. The summed E-state index contributed by atoms with van der Waals surface area (Å²) < 4.78 is 0. The standard InChI is InChI=1S/C53H39N/c1-35-20-27-51(44-26-23-39-21-24-41(29-45(39)31-44)36-12-4-2-5-13-36)54-52(34-49(35)43-25-22-38-16-8-9-17-40(38)28-43)50-33-46(37-14-6-3-7-15-37)32-47-30-42-18-10-11-19-48(42)53(47)50/h2-19,21-26,28-29,31-34H,20,27,30H2,1H3/b49-35-,52-34-,54-51+. The number of hydrogen-bond donors (Lipinski definition) is 0. The molecule has 256 valence electrons. The van der Waals surface area contributed by atoms with Crippen LogP contribution in [0.2, 0.25) is 0 Å². The molecule has 0 bridgehead atoms. The first-order valence-electron chi connectivity index (χ1n) is 19.0. The van der Waals surface area contributed by atoms with Gasteiger partial charge in [0.15, 0.2) is 0 Å². The molecule has 0 saturated heterocycles. The van der Waals surface area contributed by atoms with Gasteiger partial charge in [-0.25, -0.2) is 0 Å². The Morgan fingerprint density at radius 2 is 1.02 bits per heavy atom. The molecule has 0 radical (unpaired) electrons. The van der Waals surface area contributed by atoms with Crippen molar-refractivity contribution in [1.29, 1.82) is 0 Å². The van der Waals surface area contributed by atoms with Gasteiger partial charge in [-0.3, -0.25) is 4.99 Å². The molecule has 0 N–H and O–H groups in total. The highest BCUT2D eigenvalue weighted by Crippen LogP contribution is 2.45. The molecule has 10 rings (SSSR count). The van der Waals surface area contributed by atoms with Crippen molar-refractivity contribution in [3.8, 4) is 33.4 Å². The maximum atomic E-state index is 5.76. The van der Waals surface area contributed by atoms with Gasteiger partial charge in [-0.15, -0.1) is 0 Å². The Bertz CT molecular complexity index is 2830. The fraction of sp³-hybridized carbons (Fsp3) is 0.0755. The molecular formula is C53H39N. The van der Waals surface area contributed by atoms with Crippen LogP contribution in [-0.2, 0) is 6.42 Å². The average molecular weight is 690 g/mol. The zero-order chi connectivity index (χ0) is 36.0. The quantitative estimate of drug-likeness (QED) is 0.171. The predicted octanol–water partition coefficient (Wildman–Crippen LogP) is 14.0. The number of hydrogen-bond acceptors (Lipinski definition) is 1. The van der Waals surface area contributed by atoms with Gasteiger partial charge in [0.1, 0.15) is 0 Å². The number of nitrogens with zero attached hydrogens (tertiary/aromatic N) is 1. The maximum absolute atomic E-state index is 5.76. The number of aliphatic imine (C=N–C) groups is 1. The van der Waals surface area contributed by atoms with Gasteiger partial charge in [-0.2, -0.15) is 0 Å². The van der Waals surface area contributed by atoms with E-state index < -0.39 is 0 Å². The SMILES string of the molecule is C\C1=C(c2ccc3ccccc3c2)/C=C(c2cc(-c3ccccc3)cc3c2-c2ccccc2C3)\N=C(\c2ccc3ccc(-c4ccccc4)cc3c2)CC1. The zero-order valence-electron chi connectivity index (χ0n) is 30.4. The number of rotatable bonds is 5. The molecule has 0 saturated carbocycles. The Morgan fingerprint density at radius 3 is 1.81 bits per heavy atom. The summed E-state index contributed by atoms with van der Waals surface area (Å²) in [7, 11) is 0. The van der Waals surface area contributed by atoms with Crippen LogP contribution in [0.3, 0.4) is 0 Å². The van der Waals surface area contributed by atoms with Crippen molar-refractivity contribution >= 4 is 38.5 Å². The first kappa shape index (κ1) is 32.1. The van der Waals surface area contributed by atoms with E-state index in [0.717, 1.165) is 30.7 Å². The van der Waals surface area contributed by atoms with Gasteiger partial charge in [0, 0.05) is 11.3 Å². The summed E-state index contributed by atoms with van der Waals surface area (Å²) in [4.78, 5) is 5.76. The summed E-state index contributed by atoms with van der Waals surface area (Å²) >= 11 is 0. The normalized spacial score (nSPS) is 17.2. The maximum Gasteiger partial charge on any atom is 0.0718 e. The van der Waals surface area contributed by atoms with Crippen LogP contribution in [0.1, 0.15) is 47.6 Å². The Hall–Kier alpha value is -6.57. The number of benzene rings is 8. The zero-order valence-corrected chi connectivity index (χ0v) is 30.4. The third kappa shape index (κ3) is 5.89. The van der Waals surface area contributed by atoms with Gasteiger partial charge in [-0.1, -0.05) is 157 Å². The van der Waals surface area contributed by atoms with Crippen LogP contribution in [-0.4, -0.2) is 5.71 Å². The average Bonchev–Trinajstić information content (AvgIpc) is 3.61. The monoisotopic (exact) mass is 689 g/mol. The second-order valence-electron chi connectivity index (χ2n) is 14.7. The molecule has 54 heavy (non-hydrogen) atoms. The lowest BCUT2D eigenvalue weighted by molar-refractivity contribution is 1.01. The van der Waals surface area contributed by atoms with Crippen LogP contribution in [0.5, 0.6) is 0 Å². The Balaban J connectivity index is 1.20. The summed E-state index contributed by atoms with van der Waals surface area (Å²) in [5.41, 5.74) is 18.6. The lowest BCUT2D eigenvalue weighted by atomic mass is 9.88. The molecule has 0 amide bonds. The van der Waals surface area contributed by atoms with Crippen LogP contribution in [0.15, 0.2) is 193 Å². The molecule has 1 nitrogen and oxygen atoms in total. The molecular weight excluding hydrogens is 651 g/mol. The third-order valence-corrected chi connectivity index (χ3v) is 11.3. The van der Waals surface area contributed by atoms with Crippen molar-refractivity contribution in [3.05, 3.63) is 215 Å². The Kier molecular flexibility index (Phi) is 7.99. The first-order valence-corrected chi connectivity index (χ1v) is 19.0. The van der Waals surface area contributed by atoms with Gasteiger partial charge in [-0.05, 0) is 139 Å². The van der Waals surface area contributed by atoms with E-state index in [1.165, 1.54) is 93.9 Å². The van der Waals surface area contributed by atoms with E-state index >= 15 is 0 Å². The molecule has 2 aliphatic rings. The van der Waals surface area contributed by atoms with E-state index in [1.807, 2.05) is 0 Å². The highest BCUT2D eigenvalue weighted by molar-refractivity contribution is 6.08. The second-order valence-corrected chi connectivity index (χ2v) is 14.7. The second kappa shape index (κ2) is 13.4. The Labute approximate surface area is 317 Å². The van der Waals surface area contributed by atoms with E-state index in [2.05, 4.69) is 189 Å². The fourth-order valence-corrected chi connectivity index (χ4v) is 8.49. The molecule has 0 spiro atoms. The molecule has 8 aromatic carbocycles. The van der Waals surface area contributed by atoms with Crippen molar-refractivity contribution in [2.75, 3.05) is 0 Å². The minimum absolute atomic E-state index is 0.849. The topological polar surface area (TPSA) is 12.4 Å². The summed E-state index contributed by atoms with van der Waals surface area (Å²) in [5.74, 6) is 0. The molecule has 0 atom stereocenters. The van der Waals surface area contributed by atoms with Crippen LogP contribution in [0.25, 0.3) is 66.2 Å². The Morgan fingerprint density at radius 1 is 0.407 bits per heavy atom. The van der Waals surface area contributed by atoms with Crippen molar-refractivity contribution in [2.24, 2.45) is 4.99 Å². The van der Waals surface area contributed by atoms with Gasteiger partial charge in [0.25, 0.3) is 0 Å². The van der Waals surface area contributed by atoms with Crippen LogP contribution in [0, 0.1) is 0 Å². The molecule has 0 aromatic heterocycles. The van der Waals surface area contributed by atoms with E-state index in [9.17, 15) is 0 Å². The van der Waals surface area contributed by atoms with Gasteiger partial charge in [0.05, 0.1) is 5.70 Å². The lowest BCUT2D eigenvalue weighted by Gasteiger charge is -2.20. The summed E-state index contributed by atoms with van der Waals surface area (Å²) in [6.45, 7) is 2.31. The van der Waals surface area contributed by atoms with Crippen molar-refractivity contribution in [3.63, 3.8) is 0 Å². The van der Waals surface area contributed by atoms with Crippen LogP contribution < -0.4 is 0 Å². The third-order valence-electron chi connectivity index (χ3n) is 11.3. The molecule has 0 unspecified atom stereocenters. The molecule has 8 aromatic rings. The van der Waals surface area contributed by atoms with E-state index in [-0.39, 0.29) is 0 Å². The van der Waals surface area contributed by atoms with Gasteiger partial charge >= 0.3 is 0 Å². The fourth-order valence-electron chi connectivity index (χ4n) is 8.49. The largest absolute Gasteiger partial charge is 0.252 e. The number of allylic oxidation sites excluding steroid dienone is 3. The van der Waals surface area contributed by atoms with E-state index in [4.69, 9.17) is 4.99 Å². The van der Waals surface area contributed by atoms with E-state index in [0.29, 0.717) is 0 Å². The molecule has 1 heterocycles. The van der Waals surface area contributed by atoms with Crippen molar-refractivity contribution in [2.45, 2.75) is 26.2 Å². The predicted molar refractivity (Wildman–Crippen MR) is 230 cm³/mol. The highest BCUT2D eigenvalue weighted by atomic mass is 14.8. The minimum atomic E-state index is 0.849. The van der Waals surface area contributed by atoms with Crippen LogP contribution in [0.4, 0.5) is 0 Å². The smallest absolute Gasteiger partial charge is 0.0718 e. The minimum Gasteiger partial charge on any atom is -0.252 e. The van der Waals surface area contributed by atoms with Gasteiger partial charge in [0.2, 0.25) is 0 Å². The summed E-state index contributed by atoms with van der Waals surface area (Å²) in [6, 6.07) is 64.4. The van der Waals surface area contributed by atoms with Crippen molar-refractivity contribution < 1.29 is 0 Å².